The summed E-state index contributed by atoms with van der Waals surface area (Å²) < 4.78 is 7.08. The first-order chi connectivity index (χ1) is 12.1. The third-order valence-electron chi connectivity index (χ3n) is 5.33. The van der Waals surface area contributed by atoms with Gasteiger partial charge in [0.15, 0.2) is 0 Å². The minimum Gasteiger partial charge on any atom is -0.492 e. The fraction of sp³-hybridized carbons (Fsp3) is 0.455. The van der Waals surface area contributed by atoms with E-state index in [1.807, 2.05) is 0 Å². The zero-order valence-corrected chi connectivity index (χ0v) is 16.8. The van der Waals surface area contributed by atoms with Crippen LogP contribution in [0.5, 0.6) is 5.75 Å². The average molecular weight is 402 g/mol. The Hall–Kier alpha value is -1.32. The molecular weight excluding hydrogens is 374 g/mol. The molecule has 0 amide bonds. The standard InChI is InChI=1S/C22H28BrNO/c1-22(2,18-8-4-3-5-9-18)19-10-11-21(20(23)15-19)25-14-12-17-7-6-13-24-16-17/h3-5,8-11,15,17,24H,6-7,12-14,16H2,1-2H3. The van der Waals surface area contributed by atoms with Gasteiger partial charge >= 0.3 is 0 Å². The summed E-state index contributed by atoms with van der Waals surface area (Å²) in [7, 11) is 0. The Morgan fingerprint density at radius 1 is 1.12 bits per heavy atom. The molecule has 3 rings (SSSR count). The van der Waals surface area contributed by atoms with Gasteiger partial charge < -0.3 is 10.1 Å². The van der Waals surface area contributed by atoms with Gasteiger partial charge in [0.25, 0.3) is 0 Å². The maximum Gasteiger partial charge on any atom is 0.133 e. The highest BCUT2D eigenvalue weighted by atomic mass is 79.9. The summed E-state index contributed by atoms with van der Waals surface area (Å²) in [4.78, 5) is 0. The molecular formula is C22H28BrNO. The highest BCUT2D eigenvalue weighted by molar-refractivity contribution is 9.10. The van der Waals surface area contributed by atoms with Crippen molar-refractivity contribution in [2.45, 2.75) is 38.5 Å². The predicted octanol–water partition coefficient (Wildman–Crippen LogP) is 5.54. The maximum atomic E-state index is 6.04. The van der Waals surface area contributed by atoms with Gasteiger partial charge in [-0.3, -0.25) is 0 Å². The van der Waals surface area contributed by atoms with Crippen LogP contribution in [0.15, 0.2) is 53.0 Å². The Labute approximate surface area is 160 Å². The zero-order valence-electron chi connectivity index (χ0n) is 15.2. The van der Waals surface area contributed by atoms with E-state index in [2.05, 4.69) is 83.6 Å². The van der Waals surface area contributed by atoms with E-state index in [9.17, 15) is 0 Å². The van der Waals surface area contributed by atoms with Crippen molar-refractivity contribution in [2.75, 3.05) is 19.7 Å². The summed E-state index contributed by atoms with van der Waals surface area (Å²) >= 11 is 3.70. The van der Waals surface area contributed by atoms with Crippen molar-refractivity contribution < 1.29 is 4.74 Å². The van der Waals surface area contributed by atoms with Crippen LogP contribution in [0.4, 0.5) is 0 Å². The van der Waals surface area contributed by atoms with E-state index in [-0.39, 0.29) is 5.41 Å². The molecule has 1 unspecified atom stereocenters. The molecule has 1 aliphatic heterocycles. The molecule has 0 radical (unpaired) electrons. The van der Waals surface area contributed by atoms with Gasteiger partial charge in [-0.2, -0.15) is 0 Å². The second-order valence-corrected chi connectivity index (χ2v) is 8.34. The lowest BCUT2D eigenvalue weighted by atomic mass is 9.78. The Kier molecular flexibility index (Phi) is 6.19. The lowest BCUT2D eigenvalue weighted by Crippen LogP contribution is -2.30. The largest absolute Gasteiger partial charge is 0.492 e. The van der Waals surface area contributed by atoms with E-state index < -0.39 is 0 Å². The minimum absolute atomic E-state index is 0.0317. The van der Waals surface area contributed by atoms with E-state index in [0.29, 0.717) is 0 Å². The monoisotopic (exact) mass is 401 g/mol. The fourth-order valence-corrected chi connectivity index (χ4v) is 4.03. The minimum atomic E-state index is -0.0317. The quantitative estimate of drug-likeness (QED) is 0.685. The highest BCUT2D eigenvalue weighted by Gasteiger charge is 2.23. The number of piperidine rings is 1. The second-order valence-electron chi connectivity index (χ2n) is 7.49. The van der Waals surface area contributed by atoms with Crippen LogP contribution in [0, 0.1) is 5.92 Å². The normalized spacial score (nSPS) is 18.1. The van der Waals surface area contributed by atoms with Gasteiger partial charge in [-0.1, -0.05) is 50.2 Å². The zero-order chi connectivity index (χ0) is 17.7. The van der Waals surface area contributed by atoms with Crippen LogP contribution in [-0.4, -0.2) is 19.7 Å². The first kappa shape index (κ1) is 18.5. The highest BCUT2D eigenvalue weighted by Crippen LogP contribution is 2.36. The molecule has 2 aromatic carbocycles. The summed E-state index contributed by atoms with van der Waals surface area (Å²) in [6.45, 7) is 7.62. The first-order valence-electron chi connectivity index (χ1n) is 9.26. The molecule has 0 aromatic heterocycles. The molecule has 25 heavy (non-hydrogen) atoms. The number of ether oxygens (including phenoxy) is 1. The summed E-state index contributed by atoms with van der Waals surface area (Å²) in [6.07, 6.45) is 3.73. The van der Waals surface area contributed by atoms with Gasteiger partial charge in [0.1, 0.15) is 5.75 Å². The van der Waals surface area contributed by atoms with E-state index in [1.165, 1.54) is 30.5 Å². The Bertz CT molecular complexity index is 678. The lowest BCUT2D eigenvalue weighted by Gasteiger charge is -2.27. The molecule has 2 aromatic rings. The van der Waals surface area contributed by atoms with Gasteiger partial charge in [-0.15, -0.1) is 0 Å². The summed E-state index contributed by atoms with van der Waals surface area (Å²) in [5.74, 6) is 1.69. The number of hydrogen-bond donors (Lipinski definition) is 1. The van der Waals surface area contributed by atoms with Crippen LogP contribution in [-0.2, 0) is 5.41 Å². The molecule has 1 saturated heterocycles. The van der Waals surface area contributed by atoms with E-state index in [0.717, 1.165) is 35.7 Å². The number of hydrogen-bond acceptors (Lipinski definition) is 2. The van der Waals surface area contributed by atoms with Crippen LogP contribution in [0.3, 0.4) is 0 Å². The Balaban J connectivity index is 1.64. The van der Waals surface area contributed by atoms with Crippen molar-refractivity contribution >= 4 is 15.9 Å². The third kappa shape index (κ3) is 4.65. The molecule has 0 spiro atoms. The van der Waals surface area contributed by atoms with Crippen molar-refractivity contribution in [3.05, 3.63) is 64.1 Å². The fourth-order valence-electron chi connectivity index (χ4n) is 3.53. The Morgan fingerprint density at radius 2 is 1.92 bits per heavy atom. The van der Waals surface area contributed by atoms with E-state index >= 15 is 0 Å². The molecule has 1 N–H and O–H groups in total. The van der Waals surface area contributed by atoms with Crippen LogP contribution >= 0.6 is 15.9 Å². The molecule has 0 aliphatic carbocycles. The number of halogens is 1. The van der Waals surface area contributed by atoms with E-state index in [4.69, 9.17) is 4.74 Å². The molecule has 1 heterocycles. The number of benzene rings is 2. The van der Waals surface area contributed by atoms with Gasteiger partial charge in [0, 0.05) is 5.41 Å². The molecule has 134 valence electrons. The van der Waals surface area contributed by atoms with Gasteiger partial charge in [-0.25, -0.2) is 0 Å². The van der Waals surface area contributed by atoms with Crippen molar-refractivity contribution in [1.82, 2.24) is 5.32 Å². The second kappa shape index (κ2) is 8.37. The van der Waals surface area contributed by atoms with Gasteiger partial charge in [0.2, 0.25) is 0 Å². The lowest BCUT2D eigenvalue weighted by molar-refractivity contribution is 0.253. The molecule has 0 bridgehead atoms. The van der Waals surface area contributed by atoms with Crippen molar-refractivity contribution in [3.8, 4) is 5.75 Å². The topological polar surface area (TPSA) is 21.3 Å². The van der Waals surface area contributed by atoms with Crippen molar-refractivity contribution in [2.24, 2.45) is 5.92 Å². The third-order valence-corrected chi connectivity index (χ3v) is 5.95. The molecule has 2 nitrogen and oxygen atoms in total. The Morgan fingerprint density at radius 3 is 2.60 bits per heavy atom. The number of nitrogens with one attached hydrogen (secondary N) is 1. The van der Waals surface area contributed by atoms with Gasteiger partial charge in [-0.05, 0) is 77.5 Å². The molecule has 1 fully saturated rings. The van der Waals surface area contributed by atoms with Crippen molar-refractivity contribution in [3.63, 3.8) is 0 Å². The smallest absolute Gasteiger partial charge is 0.133 e. The number of rotatable bonds is 6. The van der Waals surface area contributed by atoms with Crippen LogP contribution in [0.25, 0.3) is 0 Å². The van der Waals surface area contributed by atoms with E-state index in [1.54, 1.807) is 0 Å². The summed E-state index contributed by atoms with van der Waals surface area (Å²) in [5.41, 5.74) is 2.57. The average Bonchev–Trinajstić information content (AvgIpc) is 2.64. The summed E-state index contributed by atoms with van der Waals surface area (Å²) in [5, 5.41) is 3.47. The molecule has 1 atom stereocenters. The molecule has 1 aliphatic rings. The van der Waals surface area contributed by atoms with Crippen LogP contribution in [0.2, 0.25) is 0 Å². The predicted molar refractivity (Wildman–Crippen MR) is 108 cm³/mol. The van der Waals surface area contributed by atoms with Crippen molar-refractivity contribution in [1.29, 1.82) is 0 Å². The van der Waals surface area contributed by atoms with Crippen LogP contribution in [0.1, 0.15) is 44.2 Å². The summed E-state index contributed by atoms with van der Waals surface area (Å²) in [6, 6.07) is 17.1. The maximum absolute atomic E-state index is 6.04. The van der Waals surface area contributed by atoms with Gasteiger partial charge in [0.05, 0.1) is 11.1 Å². The first-order valence-corrected chi connectivity index (χ1v) is 10.1. The molecule has 0 saturated carbocycles. The molecule has 3 heteroatoms. The SMILES string of the molecule is CC(C)(c1ccccc1)c1ccc(OCCC2CCCNC2)c(Br)c1. The van der Waals surface area contributed by atoms with Crippen LogP contribution < -0.4 is 10.1 Å².